The molecule has 4 aromatic rings. The maximum absolute atomic E-state index is 13.6. The number of amides is 1. The number of H-pyrrole nitrogens is 1. The largest absolute Gasteiger partial charge is 0.324 e. The lowest BCUT2D eigenvalue weighted by Gasteiger charge is -2.07. The standard InChI is InChI=1S/C21H14Cl3FN4O/c1-10-7-11(20(30)26-12-5-6-13(22)16(25)9-12)8-17-18(10)28-21(27-17)29-19-14(23)3-2-4-15(19)24/h2-9H,1H3,(H,26,30)(H2,27,28,29). The summed E-state index contributed by atoms with van der Waals surface area (Å²) >= 11 is 18.1. The molecule has 3 aromatic carbocycles. The number of aromatic amines is 1. The molecule has 0 spiro atoms. The van der Waals surface area contributed by atoms with E-state index in [-0.39, 0.29) is 5.02 Å². The van der Waals surface area contributed by atoms with Crippen molar-refractivity contribution < 1.29 is 9.18 Å². The van der Waals surface area contributed by atoms with E-state index < -0.39 is 11.7 Å². The van der Waals surface area contributed by atoms with E-state index in [1.54, 1.807) is 30.3 Å². The molecule has 152 valence electrons. The molecule has 1 heterocycles. The first-order valence-corrected chi connectivity index (χ1v) is 9.93. The summed E-state index contributed by atoms with van der Waals surface area (Å²) in [5.74, 6) is -0.573. The number of carbonyl (C=O) groups excluding carboxylic acids is 1. The highest BCUT2D eigenvalue weighted by molar-refractivity contribution is 6.39. The number of nitrogens with one attached hydrogen (secondary N) is 3. The minimum atomic E-state index is -0.609. The van der Waals surface area contributed by atoms with Gasteiger partial charge in [-0.1, -0.05) is 40.9 Å². The van der Waals surface area contributed by atoms with E-state index in [2.05, 4.69) is 20.6 Å². The molecule has 0 atom stereocenters. The molecule has 30 heavy (non-hydrogen) atoms. The summed E-state index contributed by atoms with van der Waals surface area (Å²) in [5.41, 5.74) is 3.36. The van der Waals surface area contributed by atoms with Gasteiger partial charge in [0, 0.05) is 11.3 Å². The molecular weight excluding hydrogens is 450 g/mol. The minimum absolute atomic E-state index is 0.0135. The number of hydrogen-bond donors (Lipinski definition) is 3. The van der Waals surface area contributed by atoms with E-state index in [1.807, 2.05) is 6.92 Å². The lowest BCUT2D eigenvalue weighted by Crippen LogP contribution is -2.12. The number of benzene rings is 3. The highest BCUT2D eigenvalue weighted by Gasteiger charge is 2.14. The third-order valence-electron chi connectivity index (χ3n) is 4.44. The average molecular weight is 464 g/mol. The van der Waals surface area contributed by atoms with Crippen molar-refractivity contribution in [1.29, 1.82) is 0 Å². The van der Waals surface area contributed by atoms with Gasteiger partial charge >= 0.3 is 0 Å². The van der Waals surface area contributed by atoms with Crippen LogP contribution in [0.5, 0.6) is 0 Å². The number of para-hydroxylation sites is 1. The van der Waals surface area contributed by atoms with E-state index in [0.717, 1.165) is 17.1 Å². The second kappa shape index (κ2) is 8.14. The molecule has 0 bridgehead atoms. The molecule has 0 aliphatic carbocycles. The molecule has 3 N–H and O–H groups in total. The Morgan fingerprint density at radius 2 is 1.77 bits per heavy atom. The number of hydrogen-bond acceptors (Lipinski definition) is 3. The van der Waals surface area contributed by atoms with Gasteiger partial charge in [-0.25, -0.2) is 9.37 Å². The van der Waals surface area contributed by atoms with Crippen LogP contribution < -0.4 is 10.6 Å². The topological polar surface area (TPSA) is 69.8 Å². The Hall–Kier alpha value is -2.80. The van der Waals surface area contributed by atoms with E-state index in [1.165, 1.54) is 12.1 Å². The van der Waals surface area contributed by atoms with Crippen LogP contribution in [0.3, 0.4) is 0 Å². The molecule has 5 nitrogen and oxygen atoms in total. The Labute approximate surface area is 186 Å². The zero-order valence-corrected chi connectivity index (χ0v) is 17.8. The molecule has 0 saturated carbocycles. The Kier molecular flexibility index (Phi) is 5.56. The van der Waals surface area contributed by atoms with Crippen LogP contribution in [0.15, 0.2) is 48.5 Å². The molecule has 0 unspecified atom stereocenters. The van der Waals surface area contributed by atoms with Gasteiger partial charge in [0.15, 0.2) is 0 Å². The van der Waals surface area contributed by atoms with Crippen molar-refractivity contribution in [2.75, 3.05) is 10.6 Å². The molecule has 0 aliphatic rings. The Bertz CT molecular complexity index is 1270. The summed E-state index contributed by atoms with van der Waals surface area (Å²) in [6, 6.07) is 12.6. The molecule has 4 rings (SSSR count). The second-order valence-corrected chi connectivity index (χ2v) is 7.80. The fourth-order valence-electron chi connectivity index (χ4n) is 2.99. The third kappa shape index (κ3) is 4.07. The van der Waals surface area contributed by atoms with Crippen LogP contribution in [0, 0.1) is 12.7 Å². The monoisotopic (exact) mass is 462 g/mol. The van der Waals surface area contributed by atoms with Crippen LogP contribution in [0.2, 0.25) is 15.1 Å². The van der Waals surface area contributed by atoms with Crippen molar-refractivity contribution in [3.05, 3.63) is 80.5 Å². The SMILES string of the molecule is Cc1cc(C(=O)Nc2ccc(Cl)c(F)c2)cc2nc(Nc3c(Cl)cccc3Cl)[nH]c12. The predicted molar refractivity (Wildman–Crippen MR) is 120 cm³/mol. The van der Waals surface area contributed by atoms with Gasteiger partial charge in [0.2, 0.25) is 5.95 Å². The van der Waals surface area contributed by atoms with Gasteiger partial charge in [-0.3, -0.25) is 4.79 Å². The van der Waals surface area contributed by atoms with Crippen LogP contribution in [0.25, 0.3) is 11.0 Å². The normalized spacial score (nSPS) is 11.0. The highest BCUT2D eigenvalue weighted by Crippen LogP contribution is 2.32. The number of anilines is 3. The zero-order chi connectivity index (χ0) is 21.4. The van der Waals surface area contributed by atoms with Crippen LogP contribution in [0.1, 0.15) is 15.9 Å². The summed E-state index contributed by atoms with van der Waals surface area (Å²) in [4.78, 5) is 20.3. The number of aryl methyl sites for hydroxylation is 1. The number of carbonyl (C=O) groups is 1. The van der Waals surface area contributed by atoms with Crippen LogP contribution in [-0.2, 0) is 0 Å². The van der Waals surface area contributed by atoms with Gasteiger partial charge in [0.05, 0.1) is 31.8 Å². The molecule has 0 aliphatic heterocycles. The van der Waals surface area contributed by atoms with Crippen molar-refractivity contribution in [3.63, 3.8) is 0 Å². The average Bonchev–Trinajstić information content (AvgIpc) is 3.11. The van der Waals surface area contributed by atoms with Gasteiger partial charge in [-0.15, -0.1) is 0 Å². The van der Waals surface area contributed by atoms with Crippen molar-refractivity contribution >= 4 is 69.1 Å². The highest BCUT2D eigenvalue weighted by atomic mass is 35.5. The number of fused-ring (bicyclic) bond motifs is 1. The summed E-state index contributed by atoms with van der Waals surface area (Å²) in [5, 5.41) is 6.62. The zero-order valence-electron chi connectivity index (χ0n) is 15.5. The van der Waals surface area contributed by atoms with E-state index in [0.29, 0.717) is 38.4 Å². The first kappa shape index (κ1) is 20.5. The number of halogens is 4. The van der Waals surface area contributed by atoms with E-state index in [4.69, 9.17) is 34.8 Å². The Morgan fingerprint density at radius 3 is 2.47 bits per heavy atom. The summed E-state index contributed by atoms with van der Waals surface area (Å²) in [6.45, 7) is 1.85. The number of imidazole rings is 1. The number of nitrogens with zero attached hydrogens (tertiary/aromatic N) is 1. The molecule has 0 radical (unpaired) electrons. The molecule has 1 amide bonds. The third-order valence-corrected chi connectivity index (χ3v) is 5.37. The fraction of sp³-hybridized carbons (Fsp3) is 0.0476. The van der Waals surface area contributed by atoms with Crippen molar-refractivity contribution in [2.24, 2.45) is 0 Å². The predicted octanol–water partition coefficient (Wildman–Crippen LogP) is 6.97. The van der Waals surface area contributed by atoms with Crippen LogP contribution in [0.4, 0.5) is 21.7 Å². The van der Waals surface area contributed by atoms with E-state index in [9.17, 15) is 9.18 Å². The summed E-state index contributed by atoms with van der Waals surface area (Å²) < 4.78 is 13.6. The molecule has 9 heteroatoms. The first-order chi connectivity index (χ1) is 14.3. The number of rotatable bonds is 4. The molecule has 1 aromatic heterocycles. The van der Waals surface area contributed by atoms with Crippen molar-refractivity contribution in [2.45, 2.75) is 6.92 Å². The Morgan fingerprint density at radius 1 is 1.03 bits per heavy atom. The quantitative estimate of drug-likeness (QED) is 0.306. The fourth-order valence-corrected chi connectivity index (χ4v) is 3.60. The molecule has 0 saturated heterocycles. The maximum atomic E-state index is 13.6. The maximum Gasteiger partial charge on any atom is 0.255 e. The summed E-state index contributed by atoms with van der Waals surface area (Å²) in [7, 11) is 0. The van der Waals surface area contributed by atoms with Crippen molar-refractivity contribution in [1.82, 2.24) is 9.97 Å². The summed E-state index contributed by atoms with van der Waals surface area (Å²) in [6.07, 6.45) is 0. The lowest BCUT2D eigenvalue weighted by atomic mass is 10.1. The van der Waals surface area contributed by atoms with Crippen LogP contribution in [-0.4, -0.2) is 15.9 Å². The van der Waals surface area contributed by atoms with Gasteiger partial charge in [0.25, 0.3) is 5.91 Å². The second-order valence-electron chi connectivity index (χ2n) is 6.58. The van der Waals surface area contributed by atoms with Gasteiger partial charge < -0.3 is 15.6 Å². The van der Waals surface area contributed by atoms with Gasteiger partial charge in [-0.05, 0) is 55.0 Å². The minimum Gasteiger partial charge on any atom is -0.324 e. The molecule has 0 fully saturated rings. The first-order valence-electron chi connectivity index (χ1n) is 8.79. The lowest BCUT2D eigenvalue weighted by molar-refractivity contribution is 0.102. The molecular formula is C21H14Cl3FN4O. The van der Waals surface area contributed by atoms with E-state index >= 15 is 0 Å². The van der Waals surface area contributed by atoms with Gasteiger partial charge in [-0.2, -0.15) is 0 Å². The Balaban J connectivity index is 1.63. The van der Waals surface area contributed by atoms with Crippen molar-refractivity contribution in [3.8, 4) is 0 Å². The smallest absolute Gasteiger partial charge is 0.255 e. The van der Waals surface area contributed by atoms with Gasteiger partial charge in [0.1, 0.15) is 5.82 Å². The number of aromatic nitrogens is 2. The van der Waals surface area contributed by atoms with Crippen LogP contribution >= 0.6 is 34.8 Å².